The fraction of sp³-hybridized carbons (Fsp3) is 0.294. The number of urea groups is 1. The Morgan fingerprint density at radius 3 is 2.50 bits per heavy atom. The van der Waals surface area contributed by atoms with Gasteiger partial charge < -0.3 is 5.32 Å². The quantitative estimate of drug-likeness (QED) is 0.798. The van der Waals surface area contributed by atoms with Gasteiger partial charge in [-0.1, -0.05) is 32.9 Å². The Kier molecular flexibility index (Phi) is 4.66. The van der Waals surface area contributed by atoms with Crippen LogP contribution in [0.1, 0.15) is 41.6 Å². The highest BCUT2D eigenvalue weighted by Gasteiger charge is 2.20. The fourth-order valence-corrected chi connectivity index (χ4v) is 3.03. The number of rotatable bonds is 3. The highest BCUT2D eigenvalue weighted by Crippen LogP contribution is 2.35. The minimum absolute atomic E-state index is 0.0601. The van der Waals surface area contributed by atoms with Crippen molar-refractivity contribution in [2.45, 2.75) is 33.1 Å². The van der Waals surface area contributed by atoms with Crippen molar-refractivity contribution >= 4 is 34.3 Å². The molecule has 0 fully saturated rings. The predicted octanol–water partition coefficient (Wildman–Crippen LogP) is 4.81. The van der Waals surface area contributed by atoms with E-state index in [0.29, 0.717) is 10.6 Å². The number of anilines is 2. The predicted molar refractivity (Wildman–Crippen MR) is 92.2 cm³/mol. The van der Waals surface area contributed by atoms with Crippen LogP contribution in [0.15, 0.2) is 30.3 Å². The molecule has 0 spiro atoms. The van der Waals surface area contributed by atoms with E-state index >= 15 is 0 Å². The topological polar surface area (TPSA) is 58.2 Å². The molecule has 1 aromatic heterocycles. The summed E-state index contributed by atoms with van der Waals surface area (Å²) >= 11 is 1.43. The monoisotopic (exact) mass is 316 g/mol. The Morgan fingerprint density at radius 2 is 1.91 bits per heavy atom. The van der Waals surface area contributed by atoms with Crippen LogP contribution >= 0.6 is 11.3 Å². The van der Waals surface area contributed by atoms with Crippen LogP contribution in [0.2, 0.25) is 0 Å². The van der Waals surface area contributed by atoms with Crippen LogP contribution in [0.5, 0.6) is 0 Å². The Bertz CT molecular complexity index is 699. The van der Waals surface area contributed by atoms with Crippen LogP contribution in [-0.4, -0.2) is 12.3 Å². The van der Waals surface area contributed by atoms with Gasteiger partial charge in [0.25, 0.3) is 0 Å². The zero-order chi connectivity index (χ0) is 16.3. The lowest BCUT2D eigenvalue weighted by molar-refractivity contribution is 0.112. The molecule has 1 aromatic carbocycles. The van der Waals surface area contributed by atoms with E-state index in [9.17, 15) is 9.59 Å². The minimum atomic E-state index is -0.351. The number of amides is 2. The fourth-order valence-electron chi connectivity index (χ4n) is 1.95. The summed E-state index contributed by atoms with van der Waals surface area (Å²) < 4.78 is 0. The van der Waals surface area contributed by atoms with Crippen LogP contribution < -0.4 is 10.6 Å². The Labute approximate surface area is 134 Å². The van der Waals surface area contributed by atoms with Crippen LogP contribution in [0.4, 0.5) is 15.5 Å². The van der Waals surface area contributed by atoms with Gasteiger partial charge in [-0.2, -0.15) is 0 Å². The number of carbonyl (C=O) groups is 2. The number of hydrogen-bond acceptors (Lipinski definition) is 3. The van der Waals surface area contributed by atoms with Gasteiger partial charge in [0.1, 0.15) is 5.00 Å². The molecule has 5 heteroatoms. The molecule has 1 heterocycles. The molecule has 2 amide bonds. The Morgan fingerprint density at radius 1 is 1.18 bits per heavy atom. The Balaban J connectivity index is 2.14. The third-order valence-electron chi connectivity index (χ3n) is 3.13. The molecule has 2 rings (SSSR count). The van der Waals surface area contributed by atoms with Gasteiger partial charge in [-0.3, -0.25) is 10.1 Å². The lowest BCUT2D eigenvalue weighted by Crippen LogP contribution is -2.19. The van der Waals surface area contributed by atoms with Crippen LogP contribution in [0, 0.1) is 6.92 Å². The largest absolute Gasteiger partial charge is 0.324 e. The second-order valence-electron chi connectivity index (χ2n) is 6.21. The molecule has 0 bridgehead atoms. The Hall–Kier alpha value is -2.14. The first-order chi connectivity index (χ1) is 10.3. The maximum absolute atomic E-state index is 12.1. The van der Waals surface area contributed by atoms with Crippen LogP contribution in [-0.2, 0) is 5.41 Å². The van der Waals surface area contributed by atoms with E-state index in [1.807, 2.05) is 37.3 Å². The first-order valence-corrected chi connectivity index (χ1v) is 7.85. The van der Waals surface area contributed by atoms with Crippen molar-refractivity contribution in [2.24, 2.45) is 0 Å². The SMILES string of the molecule is Cc1cccc(NC(=O)Nc2sc(C(C)(C)C)cc2C=O)c1. The summed E-state index contributed by atoms with van der Waals surface area (Å²) in [6.45, 7) is 8.18. The molecule has 116 valence electrons. The van der Waals surface area contributed by atoms with Crippen LogP contribution in [0.3, 0.4) is 0 Å². The molecule has 0 aliphatic carbocycles. The molecule has 22 heavy (non-hydrogen) atoms. The molecule has 4 nitrogen and oxygen atoms in total. The maximum atomic E-state index is 12.1. The summed E-state index contributed by atoms with van der Waals surface area (Å²) in [4.78, 5) is 24.3. The number of nitrogens with one attached hydrogen (secondary N) is 2. The average molecular weight is 316 g/mol. The van der Waals surface area contributed by atoms with E-state index in [0.717, 1.165) is 22.4 Å². The zero-order valence-electron chi connectivity index (χ0n) is 13.2. The highest BCUT2D eigenvalue weighted by atomic mass is 32.1. The molecule has 0 saturated carbocycles. The number of carbonyl (C=O) groups excluding carboxylic acids is 2. The van der Waals surface area contributed by atoms with Gasteiger partial charge in [0.2, 0.25) is 0 Å². The lowest BCUT2D eigenvalue weighted by atomic mass is 9.94. The first kappa shape index (κ1) is 16.2. The summed E-state index contributed by atoms with van der Waals surface area (Å²) in [5, 5.41) is 6.10. The summed E-state index contributed by atoms with van der Waals surface area (Å²) in [5.41, 5.74) is 2.24. The van der Waals surface area contributed by atoms with Gasteiger partial charge in [0.15, 0.2) is 6.29 Å². The second kappa shape index (κ2) is 6.32. The molecule has 0 aliphatic heterocycles. The van der Waals surface area contributed by atoms with Gasteiger partial charge in [0, 0.05) is 16.1 Å². The first-order valence-electron chi connectivity index (χ1n) is 7.04. The summed E-state index contributed by atoms with van der Waals surface area (Å²) in [5.74, 6) is 0. The van der Waals surface area contributed by atoms with Gasteiger partial charge >= 0.3 is 6.03 Å². The van der Waals surface area contributed by atoms with E-state index in [-0.39, 0.29) is 11.4 Å². The van der Waals surface area contributed by atoms with Crippen molar-refractivity contribution in [2.75, 3.05) is 10.6 Å². The van der Waals surface area contributed by atoms with Gasteiger partial charge in [0.05, 0.1) is 0 Å². The van der Waals surface area contributed by atoms with Crippen molar-refractivity contribution in [3.8, 4) is 0 Å². The number of aldehydes is 1. The summed E-state index contributed by atoms with van der Waals surface area (Å²) in [6.07, 6.45) is 0.772. The van der Waals surface area contributed by atoms with E-state index in [2.05, 4.69) is 31.4 Å². The molecule has 0 unspecified atom stereocenters. The van der Waals surface area contributed by atoms with Crippen molar-refractivity contribution in [1.29, 1.82) is 0 Å². The summed E-state index contributed by atoms with van der Waals surface area (Å²) in [6, 6.07) is 9.03. The minimum Gasteiger partial charge on any atom is -0.308 e. The van der Waals surface area contributed by atoms with Gasteiger partial charge in [-0.05, 0) is 36.1 Å². The molecule has 0 atom stereocenters. The zero-order valence-corrected chi connectivity index (χ0v) is 14.0. The molecule has 0 radical (unpaired) electrons. The number of benzene rings is 1. The van der Waals surface area contributed by atoms with E-state index in [1.54, 1.807) is 0 Å². The van der Waals surface area contributed by atoms with Gasteiger partial charge in [-0.15, -0.1) is 11.3 Å². The molecule has 2 aromatic rings. The second-order valence-corrected chi connectivity index (χ2v) is 7.26. The van der Waals surface area contributed by atoms with E-state index in [1.165, 1.54) is 11.3 Å². The van der Waals surface area contributed by atoms with Gasteiger partial charge in [-0.25, -0.2) is 4.79 Å². The number of hydrogen-bond donors (Lipinski definition) is 2. The normalized spacial score (nSPS) is 11.1. The highest BCUT2D eigenvalue weighted by molar-refractivity contribution is 7.16. The van der Waals surface area contributed by atoms with E-state index in [4.69, 9.17) is 0 Å². The molecular formula is C17H20N2O2S. The van der Waals surface area contributed by atoms with E-state index < -0.39 is 0 Å². The van der Waals surface area contributed by atoms with Crippen LogP contribution in [0.25, 0.3) is 0 Å². The summed E-state index contributed by atoms with van der Waals surface area (Å²) in [7, 11) is 0. The number of thiophene rings is 1. The lowest BCUT2D eigenvalue weighted by Gasteiger charge is -2.15. The average Bonchev–Trinajstić information content (AvgIpc) is 2.81. The third kappa shape index (κ3) is 3.95. The smallest absolute Gasteiger partial charge is 0.308 e. The van der Waals surface area contributed by atoms with Crippen molar-refractivity contribution in [3.05, 3.63) is 46.3 Å². The molecular weight excluding hydrogens is 296 g/mol. The third-order valence-corrected chi connectivity index (χ3v) is 4.62. The van der Waals surface area contributed by atoms with Crippen molar-refractivity contribution in [3.63, 3.8) is 0 Å². The van der Waals surface area contributed by atoms with Crippen molar-refractivity contribution < 1.29 is 9.59 Å². The molecule has 0 saturated heterocycles. The maximum Gasteiger partial charge on any atom is 0.324 e. The molecule has 2 N–H and O–H groups in total. The number of aryl methyl sites for hydroxylation is 1. The molecule has 0 aliphatic rings. The standard InChI is InChI=1S/C17H20N2O2S/c1-11-6-5-7-13(8-11)18-16(21)19-15-12(10-20)9-14(22-15)17(2,3)4/h5-10H,1-4H3,(H2,18,19,21). The van der Waals surface area contributed by atoms with Crippen molar-refractivity contribution in [1.82, 2.24) is 0 Å².